The number of rotatable bonds is 4. The summed E-state index contributed by atoms with van der Waals surface area (Å²) in [5, 5.41) is 8.87. The summed E-state index contributed by atoms with van der Waals surface area (Å²) in [5.74, 6) is 5.19. The molecule has 0 atom stereocenters. The number of nitrogens with zero attached hydrogens (tertiary/aromatic N) is 3. The summed E-state index contributed by atoms with van der Waals surface area (Å²) in [6.45, 7) is 3.72. The second-order valence-corrected chi connectivity index (χ2v) is 4.43. The third kappa shape index (κ3) is 3.40. The molecule has 4 N–H and O–H groups in total. The van der Waals surface area contributed by atoms with Gasteiger partial charge in [0.15, 0.2) is 0 Å². The van der Waals surface area contributed by atoms with E-state index in [0.29, 0.717) is 31.0 Å². The molecular weight excluding hydrogens is 246 g/mol. The van der Waals surface area contributed by atoms with E-state index in [2.05, 4.69) is 15.3 Å². The van der Waals surface area contributed by atoms with Gasteiger partial charge in [-0.15, -0.1) is 0 Å². The van der Waals surface area contributed by atoms with Crippen molar-refractivity contribution in [2.45, 2.75) is 0 Å². The van der Waals surface area contributed by atoms with Crippen LogP contribution >= 0.6 is 0 Å². The van der Waals surface area contributed by atoms with Gasteiger partial charge in [-0.2, -0.15) is 0 Å². The fraction of sp³-hybridized carbons (Fsp3) is 0.500. The van der Waals surface area contributed by atoms with Gasteiger partial charge in [0, 0.05) is 32.7 Å². The predicted octanol–water partition coefficient (Wildman–Crippen LogP) is -0.883. The maximum Gasteiger partial charge on any atom is 0.272 e. The van der Waals surface area contributed by atoms with Gasteiger partial charge in [-0.05, 0) is 12.1 Å². The van der Waals surface area contributed by atoms with Crippen molar-refractivity contribution in [2.24, 2.45) is 5.84 Å². The van der Waals surface area contributed by atoms with Gasteiger partial charge in [0.1, 0.15) is 5.69 Å². The topological polar surface area (TPSA) is 94.7 Å². The number of anilines is 1. The molecule has 0 bridgehead atoms. The fourth-order valence-corrected chi connectivity index (χ4v) is 2.08. The molecule has 7 nitrogen and oxygen atoms in total. The van der Waals surface area contributed by atoms with Crippen molar-refractivity contribution in [3.8, 4) is 0 Å². The normalized spacial score (nSPS) is 16.4. The zero-order valence-corrected chi connectivity index (χ0v) is 10.7. The average molecular weight is 265 g/mol. The van der Waals surface area contributed by atoms with Crippen LogP contribution in [-0.4, -0.2) is 65.1 Å². The molecule has 0 aliphatic carbocycles. The third-order valence-corrected chi connectivity index (χ3v) is 3.22. The molecule has 19 heavy (non-hydrogen) atoms. The van der Waals surface area contributed by atoms with Crippen molar-refractivity contribution in [3.05, 3.63) is 24.0 Å². The summed E-state index contributed by atoms with van der Waals surface area (Å²) in [4.78, 5) is 20.2. The standard InChI is InChI=1S/C12H19N5O2/c13-15-10-1-2-11(14-9-10)12(19)17-5-3-16(4-6-17)7-8-18/h1-2,9,15,18H,3-8,13H2. The van der Waals surface area contributed by atoms with Gasteiger partial charge < -0.3 is 15.4 Å². The number of nitrogens with one attached hydrogen (secondary N) is 1. The number of nitrogen functional groups attached to an aromatic ring is 1. The van der Waals surface area contributed by atoms with Crippen molar-refractivity contribution >= 4 is 11.6 Å². The Labute approximate surface area is 112 Å². The van der Waals surface area contributed by atoms with Gasteiger partial charge in [-0.25, -0.2) is 4.98 Å². The van der Waals surface area contributed by atoms with E-state index in [4.69, 9.17) is 10.9 Å². The SMILES string of the molecule is NNc1ccc(C(=O)N2CCN(CCO)CC2)nc1. The van der Waals surface area contributed by atoms with E-state index in [9.17, 15) is 4.79 Å². The lowest BCUT2D eigenvalue weighted by Crippen LogP contribution is -2.49. The molecule has 1 aromatic heterocycles. The Morgan fingerprint density at radius 1 is 1.37 bits per heavy atom. The highest BCUT2D eigenvalue weighted by Gasteiger charge is 2.22. The van der Waals surface area contributed by atoms with Crippen LogP contribution in [0.2, 0.25) is 0 Å². The first-order valence-electron chi connectivity index (χ1n) is 6.29. The Morgan fingerprint density at radius 3 is 2.63 bits per heavy atom. The summed E-state index contributed by atoms with van der Waals surface area (Å²) >= 11 is 0. The van der Waals surface area contributed by atoms with Crippen LogP contribution in [0.5, 0.6) is 0 Å². The Morgan fingerprint density at radius 2 is 2.11 bits per heavy atom. The lowest BCUT2D eigenvalue weighted by molar-refractivity contribution is 0.0609. The Balaban J connectivity index is 1.93. The molecule has 1 fully saturated rings. The molecule has 2 rings (SSSR count). The lowest BCUT2D eigenvalue weighted by Gasteiger charge is -2.34. The fourth-order valence-electron chi connectivity index (χ4n) is 2.08. The number of aromatic nitrogens is 1. The van der Waals surface area contributed by atoms with Crippen LogP contribution in [0.15, 0.2) is 18.3 Å². The average Bonchev–Trinajstić information content (AvgIpc) is 2.48. The van der Waals surface area contributed by atoms with Crippen molar-refractivity contribution in [3.63, 3.8) is 0 Å². The number of aliphatic hydroxyl groups excluding tert-OH is 1. The monoisotopic (exact) mass is 265 g/mol. The van der Waals surface area contributed by atoms with Gasteiger partial charge in [-0.1, -0.05) is 0 Å². The third-order valence-electron chi connectivity index (χ3n) is 3.22. The number of β-amino-alcohol motifs (C(OH)–C–C–N with tert-alkyl or cyclic N) is 1. The molecule has 7 heteroatoms. The first kappa shape index (κ1) is 13.7. The Kier molecular flexibility index (Phi) is 4.67. The highest BCUT2D eigenvalue weighted by Crippen LogP contribution is 2.09. The van der Waals surface area contributed by atoms with E-state index in [0.717, 1.165) is 13.1 Å². The maximum absolute atomic E-state index is 12.2. The number of amides is 1. The summed E-state index contributed by atoms with van der Waals surface area (Å²) < 4.78 is 0. The highest BCUT2D eigenvalue weighted by atomic mass is 16.3. The van der Waals surface area contributed by atoms with E-state index in [-0.39, 0.29) is 12.5 Å². The molecule has 1 aliphatic heterocycles. The number of hydrogen-bond donors (Lipinski definition) is 3. The number of aliphatic hydroxyl groups is 1. The van der Waals surface area contributed by atoms with E-state index in [1.165, 1.54) is 6.20 Å². The van der Waals surface area contributed by atoms with Gasteiger partial charge in [0.05, 0.1) is 18.5 Å². The largest absolute Gasteiger partial charge is 0.395 e. The molecule has 1 saturated heterocycles. The zero-order valence-electron chi connectivity index (χ0n) is 10.7. The molecule has 1 aromatic rings. The van der Waals surface area contributed by atoms with Crippen LogP contribution in [0.25, 0.3) is 0 Å². The van der Waals surface area contributed by atoms with Crippen molar-refractivity contribution < 1.29 is 9.90 Å². The van der Waals surface area contributed by atoms with Crippen LogP contribution < -0.4 is 11.3 Å². The number of carbonyl (C=O) groups is 1. The summed E-state index contributed by atoms with van der Waals surface area (Å²) in [7, 11) is 0. The number of hydrazine groups is 1. The maximum atomic E-state index is 12.2. The van der Waals surface area contributed by atoms with Crippen molar-refractivity contribution in [1.82, 2.24) is 14.8 Å². The minimum Gasteiger partial charge on any atom is -0.395 e. The quantitative estimate of drug-likeness (QED) is 0.483. The van der Waals surface area contributed by atoms with E-state index < -0.39 is 0 Å². The molecule has 1 amide bonds. The molecule has 0 aromatic carbocycles. The smallest absolute Gasteiger partial charge is 0.272 e. The van der Waals surface area contributed by atoms with Crippen LogP contribution in [0.4, 0.5) is 5.69 Å². The second-order valence-electron chi connectivity index (χ2n) is 4.43. The molecule has 0 spiro atoms. The number of hydrogen-bond acceptors (Lipinski definition) is 6. The van der Waals surface area contributed by atoms with Crippen LogP contribution in [0, 0.1) is 0 Å². The van der Waals surface area contributed by atoms with Gasteiger partial charge in [-0.3, -0.25) is 15.5 Å². The first-order valence-corrected chi connectivity index (χ1v) is 6.29. The first-order chi connectivity index (χ1) is 9.24. The van der Waals surface area contributed by atoms with E-state index in [1.807, 2.05) is 0 Å². The van der Waals surface area contributed by atoms with Crippen molar-refractivity contribution in [2.75, 3.05) is 44.8 Å². The van der Waals surface area contributed by atoms with Gasteiger partial charge >= 0.3 is 0 Å². The Bertz CT molecular complexity index is 415. The number of carbonyl (C=O) groups excluding carboxylic acids is 1. The summed E-state index contributed by atoms with van der Waals surface area (Å²) in [6, 6.07) is 3.39. The molecule has 104 valence electrons. The number of nitrogens with two attached hydrogens (primary N) is 1. The second kappa shape index (κ2) is 6.46. The summed E-state index contributed by atoms with van der Waals surface area (Å²) in [5.41, 5.74) is 3.57. The molecule has 2 heterocycles. The van der Waals surface area contributed by atoms with Crippen LogP contribution in [0.3, 0.4) is 0 Å². The minimum absolute atomic E-state index is 0.0628. The molecule has 0 saturated carbocycles. The van der Waals surface area contributed by atoms with E-state index in [1.54, 1.807) is 17.0 Å². The Hall–Kier alpha value is -1.70. The highest BCUT2D eigenvalue weighted by molar-refractivity contribution is 5.92. The van der Waals surface area contributed by atoms with E-state index >= 15 is 0 Å². The molecule has 0 unspecified atom stereocenters. The van der Waals surface area contributed by atoms with Gasteiger partial charge in [0.2, 0.25) is 0 Å². The minimum atomic E-state index is -0.0628. The molecular formula is C12H19N5O2. The number of pyridine rings is 1. The molecule has 0 radical (unpaired) electrons. The predicted molar refractivity (Wildman–Crippen MR) is 71.5 cm³/mol. The lowest BCUT2D eigenvalue weighted by atomic mass is 10.2. The van der Waals surface area contributed by atoms with Crippen LogP contribution in [0.1, 0.15) is 10.5 Å². The number of piperazine rings is 1. The van der Waals surface area contributed by atoms with Gasteiger partial charge in [0.25, 0.3) is 5.91 Å². The van der Waals surface area contributed by atoms with Crippen molar-refractivity contribution in [1.29, 1.82) is 0 Å². The zero-order chi connectivity index (χ0) is 13.7. The summed E-state index contributed by atoms with van der Waals surface area (Å²) in [6.07, 6.45) is 1.54. The molecule has 1 aliphatic rings. The van der Waals surface area contributed by atoms with Crippen LogP contribution in [-0.2, 0) is 0 Å².